The molecule has 0 saturated carbocycles. The van der Waals surface area contributed by atoms with E-state index < -0.39 is 10.0 Å². The van der Waals surface area contributed by atoms with Crippen molar-refractivity contribution in [3.05, 3.63) is 53.1 Å². The van der Waals surface area contributed by atoms with Crippen molar-refractivity contribution in [2.45, 2.75) is 18.7 Å². The molecule has 0 aliphatic carbocycles. The molecule has 0 amide bonds. The first kappa shape index (κ1) is 21.2. The number of halogens is 1. The number of benzene rings is 2. The van der Waals surface area contributed by atoms with Gasteiger partial charge in [0.2, 0.25) is 10.0 Å². The molecule has 6 nitrogen and oxygen atoms in total. The van der Waals surface area contributed by atoms with E-state index in [4.69, 9.17) is 4.74 Å². The number of nitriles is 1. The molecule has 0 bridgehead atoms. The second-order valence-electron chi connectivity index (χ2n) is 6.35. The molecule has 2 aromatic carbocycles. The van der Waals surface area contributed by atoms with Gasteiger partial charge >= 0.3 is 0 Å². The molecule has 0 spiro atoms. The molecule has 1 N–H and O–H groups in total. The predicted molar refractivity (Wildman–Crippen MR) is 106 cm³/mol. The van der Waals surface area contributed by atoms with Crippen LogP contribution in [-0.4, -0.2) is 38.9 Å². The van der Waals surface area contributed by atoms with Crippen molar-refractivity contribution in [1.29, 1.82) is 5.26 Å². The Kier molecular flexibility index (Phi) is 6.84. The van der Waals surface area contributed by atoms with E-state index in [2.05, 4.69) is 5.32 Å². The molecule has 1 aliphatic rings. The number of hydrogen-bond acceptors (Lipinski definition) is 5. The minimum absolute atomic E-state index is 0. The van der Waals surface area contributed by atoms with Crippen LogP contribution in [0, 0.1) is 25.2 Å². The zero-order chi connectivity index (χ0) is 18.7. The summed E-state index contributed by atoms with van der Waals surface area (Å²) in [5.74, 6) is 0.802. The molecule has 0 unspecified atom stereocenters. The summed E-state index contributed by atoms with van der Waals surface area (Å²) in [6.07, 6.45) is 0. The van der Waals surface area contributed by atoms with Gasteiger partial charge in [-0.2, -0.15) is 9.57 Å². The number of ether oxygens (including phenoxy) is 1. The number of aryl methyl sites for hydroxylation is 2. The van der Waals surface area contributed by atoms with Gasteiger partial charge in [-0.05, 0) is 55.3 Å². The molecule has 2 aromatic rings. The highest BCUT2D eigenvalue weighted by atomic mass is 35.5. The molecule has 27 heavy (non-hydrogen) atoms. The van der Waals surface area contributed by atoms with E-state index >= 15 is 0 Å². The monoisotopic (exact) mass is 407 g/mol. The highest BCUT2D eigenvalue weighted by Crippen LogP contribution is 2.32. The van der Waals surface area contributed by atoms with Gasteiger partial charge in [0.05, 0.1) is 11.6 Å². The Balaban J connectivity index is 0.00000261. The van der Waals surface area contributed by atoms with Crippen LogP contribution in [0.15, 0.2) is 41.3 Å². The van der Waals surface area contributed by atoms with Crippen molar-refractivity contribution in [3.8, 4) is 17.6 Å². The highest BCUT2D eigenvalue weighted by Gasteiger charge is 2.29. The molecule has 1 fully saturated rings. The van der Waals surface area contributed by atoms with Gasteiger partial charge in [0.1, 0.15) is 16.4 Å². The molecule has 1 heterocycles. The topological polar surface area (TPSA) is 82.4 Å². The van der Waals surface area contributed by atoms with Gasteiger partial charge in [-0.15, -0.1) is 12.4 Å². The normalized spacial score (nSPS) is 14.9. The lowest BCUT2D eigenvalue weighted by Gasteiger charge is -2.27. The fraction of sp³-hybridized carbons (Fsp3) is 0.316. The third-order valence-corrected chi connectivity index (χ3v) is 6.11. The smallest absolute Gasteiger partial charge is 0.246 e. The molecular weight excluding hydrogens is 386 g/mol. The van der Waals surface area contributed by atoms with Gasteiger partial charge in [0, 0.05) is 26.2 Å². The third kappa shape index (κ3) is 4.79. The van der Waals surface area contributed by atoms with Crippen LogP contribution >= 0.6 is 12.4 Å². The zero-order valence-corrected chi connectivity index (χ0v) is 16.9. The van der Waals surface area contributed by atoms with Crippen LogP contribution in [0.3, 0.4) is 0 Å². The Labute approximate surface area is 166 Å². The molecule has 1 saturated heterocycles. The second kappa shape index (κ2) is 8.72. The van der Waals surface area contributed by atoms with E-state index in [1.807, 2.05) is 38.1 Å². The van der Waals surface area contributed by atoms with Crippen LogP contribution in [0.2, 0.25) is 0 Å². The number of piperazine rings is 1. The lowest BCUT2D eigenvalue weighted by atomic mass is 10.1. The molecule has 8 heteroatoms. The van der Waals surface area contributed by atoms with Crippen LogP contribution in [0.1, 0.15) is 16.7 Å². The third-order valence-electron chi connectivity index (χ3n) is 4.19. The minimum atomic E-state index is -3.75. The molecule has 144 valence electrons. The van der Waals surface area contributed by atoms with Crippen LogP contribution in [0.25, 0.3) is 0 Å². The summed E-state index contributed by atoms with van der Waals surface area (Å²) in [6.45, 7) is 5.90. The highest BCUT2D eigenvalue weighted by molar-refractivity contribution is 7.89. The van der Waals surface area contributed by atoms with Gasteiger partial charge in [-0.1, -0.05) is 6.07 Å². The van der Waals surface area contributed by atoms with Crippen LogP contribution < -0.4 is 10.1 Å². The largest absolute Gasteiger partial charge is 0.456 e. The van der Waals surface area contributed by atoms with Crippen molar-refractivity contribution in [2.24, 2.45) is 0 Å². The molecule has 0 radical (unpaired) electrons. The summed E-state index contributed by atoms with van der Waals surface area (Å²) in [7, 11) is -3.75. The van der Waals surface area contributed by atoms with E-state index in [1.54, 1.807) is 12.1 Å². The summed E-state index contributed by atoms with van der Waals surface area (Å²) in [4.78, 5) is 0.0256. The minimum Gasteiger partial charge on any atom is -0.456 e. The van der Waals surface area contributed by atoms with Gasteiger partial charge in [0.15, 0.2) is 0 Å². The van der Waals surface area contributed by atoms with Crippen molar-refractivity contribution >= 4 is 22.4 Å². The van der Waals surface area contributed by atoms with Gasteiger partial charge in [-0.3, -0.25) is 0 Å². The number of sulfonamides is 1. The van der Waals surface area contributed by atoms with E-state index in [0.29, 0.717) is 31.9 Å². The van der Waals surface area contributed by atoms with Crippen molar-refractivity contribution in [1.82, 2.24) is 9.62 Å². The lowest BCUT2D eigenvalue weighted by molar-refractivity contribution is 0.358. The molecular formula is C19H22ClN3O3S. The number of nitrogens with zero attached hydrogens (tertiary/aromatic N) is 2. The van der Waals surface area contributed by atoms with E-state index in [-0.39, 0.29) is 28.6 Å². The van der Waals surface area contributed by atoms with Gasteiger partial charge in [-0.25, -0.2) is 8.42 Å². The Morgan fingerprint density at radius 2 is 1.70 bits per heavy atom. The first-order valence-corrected chi connectivity index (χ1v) is 9.85. The Hall–Kier alpha value is -2.11. The Bertz CT molecular complexity index is 944. The average molecular weight is 408 g/mol. The molecule has 0 aromatic heterocycles. The maximum atomic E-state index is 13.1. The maximum Gasteiger partial charge on any atom is 0.246 e. The lowest BCUT2D eigenvalue weighted by Crippen LogP contribution is -2.46. The Morgan fingerprint density at radius 3 is 2.30 bits per heavy atom. The molecule has 1 aliphatic heterocycles. The fourth-order valence-electron chi connectivity index (χ4n) is 3.01. The summed E-state index contributed by atoms with van der Waals surface area (Å²) in [5, 5.41) is 12.3. The maximum absolute atomic E-state index is 13.1. The van der Waals surface area contributed by atoms with Crippen molar-refractivity contribution in [2.75, 3.05) is 26.2 Å². The standard InChI is InChI=1S/C19H21N3O3S.ClH/c1-14-9-15(2)11-17(10-14)25-18-4-3-16(13-20)12-19(18)26(23,24)22-7-5-21-6-8-22;/h3-4,9-12,21H,5-8H2,1-2H3;1H. The van der Waals surface area contributed by atoms with Gasteiger partial charge in [0.25, 0.3) is 0 Å². The van der Waals surface area contributed by atoms with E-state index in [9.17, 15) is 13.7 Å². The van der Waals surface area contributed by atoms with Crippen molar-refractivity contribution < 1.29 is 13.2 Å². The van der Waals surface area contributed by atoms with Crippen LogP contribution in [0.5, 0.6) is 11.5 Å². The number of nitrogens with one attached hydrogen (secondary N) is 1. The summed E-state index contributed by atoms with van der Waals surface area (Å²) >= 11 is 0. The summed E-state index contributed by atoms with van der Waals surface area (Å²) < 4.78 is 33.6. The van der Waals surface area contributed by atoms with Crippen molar-refractivity contribution in [3.63, 3.8) is 0 Å². The van der Waals surface area contributed by atoms with Crippen LogP contribution in [0.4, 0.5) is 0 Å². The SMILES string of the molecule is Cc1cc(C)cc(Oc2ccc(C#N)cc2S(=O)(=O)N2CCNCC2)c1.Cl. The zero-order valence-electron chi connectivity index (χ0n) is 15.2. The average Bonchev–Trinajstić information content (AvgIpc) is 2.62. The fourth-order valence-corrected chi connectivity index (χ4v) is 4.59. The first-order valence-electron chi connectivity index (χ1n) is 8.41. The Morgan fingerprint density at radius 1 is 1.07 bits per heavy atom. The molecule has 0 atom stereocenters. The predicted octanol–water partition coefficient (Wildman–Crippen LogP) is 2.98. The van der Waals surface area contributed by atoms with Crippen LogP contribution in [-0.2, 0) is 10.0 Å². The molecule has 3 rings (SSSR count). The summed E-state index contributed by atoms with van der Waals surface area (Å²) in [6, 6.07) is 12.2. The van der Waals surface area contributed by atoms with E-state index in [0.717, 1.165) is 11.1 Å². The first-order chi connectivity index (χ1) is 12.4. The number of rotatable bonds is 4. The number of hydrogen-bond donors (Lipinski definition) is 1. The van der Waals surface area contributed by atoms with E-state index in [1.165, 1.54) is 10.4 Å². The second-order valence-corrected chi connectivity index (χ2v) is 8.26. The van der Waals surface area contributed by atoms with Gasteiger partial charge < -0.3 is 10.1 Å². The summed E-state index contributed by atoms with van der Waals surface area (Å²) in [5.41, 5.74) is 2.34. The quantitative estimate of drug-likeness (QED) is 0.842.